The molecule has 0 aliphatic carbocycles. The Labute approximate surface area is 116 Å². The lowest BCUT2D eigenvalue weighted by molar-refractivity contribution is -0.0888. The Kier molecular flexibility index (Phi) is 3.80. The third-order valence-corrected chi connectivity index (χ3v) is 2.96. The minimum Gasteiger partial charge on any atom is -0.459 e. The molecule has 98 valence electrons. The van der Waals surface area contributed by atoms with Gasteiger partial charge in [0.05, 0.1) is 11.6 Å². The summed E-state index contributed by atoms with van der Waals surface area (Å²) in [5.74, 6) is 0.868. The Morgan fingerprint density at radius 3 is 2.67 bits per heavy atom. The topological polar surface area (TPSA) is 34.4 Å². The van der Waals surface area contributed by atoms with Gasteiger partial charge in [0.25, 0.3) is 0 Å². The predicted octanol–water partition coefficient (Wildman–Crippen LogP) is 4.58. The van der Waals surface area contributed by atoms with Gasteiger partial charge >= 0.3 is 0 Å². The van der Waals surface area contributed by atoms with Crippen LogP contribution in [0.2, 0.25) is 0 Å². The van der Waals surface area contributed by atoms with E-state index < -0.39 is 0 Å². The highest BCUT2D eigenvalue weighted by Gasteiger charge is 2.16. The number of hydroxylamine groups is 1. The van der Waals surface area contributed by atoms with Crippen LogP contribution in [0.5, 0.6) is 0 Å². The van der Waals surface area contributed by atoms with E-state index in [2.05, 4.69) is 21.4 Å². The molecule has 1 N–H and O–H groups in total. The molecule has 0 saturated heterocycles. The maximum Gasteiger partial charge on any atom is 0.134 e. The number of hydrogen-bond donors (Lipinski definition) is 1. The van der Waals surface area contributed by atoms with Crippen molar-refractivity contribution in [2.75, 3.05) is 0 Å². The average Bonchev–Trinajstić information content (AvgIpc) is 2.67. The monoisotopic (exact) mass is 311 g/mol. The Hall–Kier alpha value is -0.840. The van der Waals surface area contributed by atoms with Gasteiger partial charge in [-0.15, -0.1) is 0 Å². The van der Waals surface area contributed by atoms with Gasteiger partial charge in [-0.25, -0.2) is 0 Å². The Bertz CT molecular complexity index is 542. The summed E-state index contributed by atoms with van der Waals surface area (Å²) in [5, 5.41) is 1.09. The van der Waals surface area contributed by atoms with Gasteiger partial charge in [-0.1, -0.05) is 15.9 Å². The number of furan rings is 1. The van der Waals surface area contributed by atoms with E-state index in [1.54, 1.807) is 0 Å². The highest BCUT2D eigenvalue weighted by atomic mass is 79.9. The molecule has 0 amide bonds. The van der Waals surface area contributed by atoms with Gasteiger partial charge in [0.15, 0.2) is 0 Å². The van der Waals surface area contributed by atoms with Crippen molar-refractivity contribution in [3.8, 4) is 0 Å². The van der Waals surface area contributed by atoms with Gasteiger partial charge in [-0.2, -0.15) is 5.48 Å². The van der Waals surface area contributed by atoms with Crippen molar-refractivity contribution >= 4 is 26.9 Å². The molecule has 1 heterocycles. The fourth-order valence-electron chi connectivity index (χ4n) is 1.57. The van der Waals surface area contributed by atoms with Crippen molar-refractivity contribution in [3.05, 3.63) is 34.5 Å². The maximum absolute atomic E-state index is 5.79. The van der Waals surface area contributed by atoms with Gasteiger partial charge in [-0.3, -0.25) is 4.84 Å². The lowest BCUT2D eigenvalue weighted by Crippen LogP contribution is -2.30. The second kappa shape index (κ2) is 5.03. The zero-order valence-corrected chi connectivity index (χ0v) is 12.7. The van der Waals surface area contributed by atoms with Crippen molar-refractivity contribution < 1.29 is 9.25 Å². The standard InChI is InChI=1S/C14H18BrNO2/c1-9(16-18-14(2,3)4)13-8-10-7-11(15)5-6-12(10)17-13/h5-9,16H,1-4H3. The van der Waals surface area contributed by atoms with Crippen molar-refractivity contribution in [3.63, 3.8) is 0 Å². The van der Waals surface area contributed by atoms with E-state index in [0.717, 1.165) is 21.2 Å². The quantitative estimate of drug-likeness (QED) is 0.843. The smallest absolute Gasteiger partial charge is 0.134 e. The molecule has 0 radical (unpaired) electrons. The molecule has 1 unspecified atom stereocenters. The van der Waals surface area contributed by atoms with Gasteiger partial charge in [0, 0.05) is 9.86 Å². The molecule has 18 heavy (non-hydrogen) atoms. The van der Waals surface area contributed by atoms with Gasteiger partial charge in [0.1, 0.15) is 11.3 Å². The Morgan fingerprint density at radius 2 is 2.00 bits per heavy atom. The highest BCUT2D eigenvalue weighted by Crippen LogP contribution is 2.26. The van der Waals surface area contributed by atoms with Crippen LogP contribution in [0.15, 0.2) is 33.2 Å². The summed E-state index contributed by atoms with van der Waals surface area (Å²) in [4.78, 5) is 5.55. The largest absolute Gasteiger partial charge is 0.459 e. The van der Waals surface area contributed by atoms with E-state index in [0.29, 0.717) is 0 Å². The van der Waals surface area contributed by atoms with E-state index in [9.17, 15) is 0 Å². The Balaban J connectivity index is 2.15. The van der Waals surface area contributed by atoms with E-state index in [1.807, 2.05) is 52.0 Å². The SMILES string of the molecule is CC(NOC(C)(C)C)c1cc2cc(Br)ccc2o1. The molecule has 2 rings (SSSR count). The third-order valence-electron chi connectivity index (χ3n) is 2.47. The minimum absolute atomic E-state index is 0.00963. The summed E-state index contributed by atoms with van der Waals surface area (Å²) < 4.78 is 6.84. The van der Waals surface area contributed by atoms with Crippen LogP contribution in [0.25, 0.3) is 11.0 Å². The zero-order valence-electron chi connectivity index (χ0n) is 11.1. The predicted molar refractivity (Wildman–Crippen MR) is 76.3 cm³/mol. The van der Waals surface area contributed by atoms with Crippen LogP contribution in [-0.4, -0.2) is 5.60 Å². The molecule has 0 bridgehead atoms. The summed E-state index contributed by atoms with van der Waals surface area (Å²) in [7, 11) is 0. The number of nitrogens with one attached hydrogen (secondary N) is 1. The molecular weight excluding hydrogens is 294 g/mol. The third kappa shape index (κ3) is 3.34. The first-order valence-electron chi connectivity index (χ1n) is 5.98. The fraction of sp³-hybridized carbons (Fsp3) is 0.429. The summed E-state index contributed by atoms with van der Waals surface area (Å²) in [6, 6.07) is 8.01. The number of benzene rings is 1. The summed E-state index contributed by atoms with van der Waals surface area (Å²) in [6.45, 7) is 8.02. The van der Waals surface area contributed by atoms with Gasteiger partial charge < -0.3 is 4.42 Å². The van der Waals surface area contributed by atoms with Crippen LogP contribution in [0.4, 0.5) is 0 Å². The second-order valence-corrected chi connectivity index (χ2v) is 6.30. The first-order chi connectivity index (χ1) is 8.35. The second-order valence-electron chi connectivity index (χ2n) is 5.38. The molecule has 2 aromatic rings. The molecule has 0 spiro atoms. The molecule has 3 nitrogen and oxygen atoms in total. The molecule has 0 aliphatic heterocycles. The van der Waals surface area contributed by atoms with Gasteiger partial charge in [-0.05, 0) is 52.0 Å². The minimum atomic E-state index is -0.219. The molecule has 0 saturated carbocycles. The molecule has 0 aliphatic rings. The summed E-state index contributed by atoms with van der Waals surface area (Å²) in [6.07, 6.45) is 0. The number of fused-ring (bicyclic) bond motifs is 1. The molecule has 1 aromatic carbocycles. The first-order valence-corrected chi connectivity index (χ1v) is 6.77. The van der Waals surface area contributed by atoms with Crippen LogP contribution in [0.3, 0.4) is 0 Å². The van der Waals surface area contributed by atoms with E-state index in [-0.39, 0.29) is 11.6 Å². The first kappa shape index (κ1) is 13.6. The summed E-state index contributed by atoms with van der Waals surface area (Å²) >= 11 is 3.45. The van der Waals surface area contributed by atoms with Crippen molar-refractivity contribution in [1.82, 2.24) is 5.48 Å². The van der Waals surface area contributed by atoms with Gasteiger partial charge in [0.2, 0.25) is 0 Å². The molecule has 0 fully saturated rings. The fourth-order valence-corrected chi connectivity index (χ4v) is 1.95. The number of rotatable bonds is 3. The normalized spacial score (nSPS) is 14.1. The van der Waals surface area contributed by atoms with Crippen LogP contribution in [0.1, 0.15) is 39.5 Å². The lowest BCUT2D eigenvalue weighted by Gasteiger charge is -2.22. The highest BCUT2D eigenvalue weighted by molar-refractivity contribution is 9.10. The van der Waals surface area contributed by atoms with E-state index in [1.165, 1.54) is 0 Å². The molecular formula is C14H18BrNO2. The average molecular weight is 312 g/mol. The molecule has 1 atom stereocenters. The van der Waals surface area contributed by atoms with E-state index in [4.69, 9.17) is 9.25 Å². The summed E-state index contributed by atoms with van der Waals surface area (Å²) in [5.41, 5.74) is 3.68. The van der Waals surface area contributed by atoms with Crippen LogP contribution < -0.4 is 5.48 Å². The Morgan fingerprint density at radius 1 is 1.28 bits per heavy atom. The van der Waals surface area contributed by atoms with Crippen LogP contribution >= 0.6 is 15.9 Å². The zero-order chi connectivity index (χ0) is 13.3. The maximum atomic E-state index is 5.79. The van der Waals surface area contributed by atoms with Crippen LogP contribution in [-0.2, 0) is 4.84 Å². The molecule has 1 aromatic heterocycles. The number of hydrogen-bond acceptors (Lipinski definition) is 3. The van der Waals surface area contributed by atoms with Crippen molar-refractivity contribution in [2.24, 2.45) is 0 Å². The number of halogens is 1. The lowest BCUT2D eigenvalue weighted by atomic mass is 10.2. The van der Waals surface area contributed by atoms with Crippen molar-refractivity contribution in [1.29, 1.82) is 0 Å². The molecule has 4 heteroatoms. The van der Waals surface area contributed by atoms with Crippen LogP contribution in [0, 0.1) is 0 Å². The van der Waals surface area contributed by atoms with Crippen molar-refractivity contribution in [2.45, 2.75) is 39.3 Å². The van der Waals surface area contributed by atoms with E-state index >= 15 is 0 Å².